The lowest BCUT2D eigenvalue weighted by atomic mass is 10.4. The van der Waals surface area contributed by atoms with E-state index in [0.29, 0.717) is 24.6 Å². The first-order chi connectivity index (χ1) is 7.49. The number of nitrogens with zero attached hydrogens (tertiary/aromatic N) is 1. The first-order valence-electron chi connectivity index (χ1n) is 5.21. The van der Waals surface area contributed by atoms with Gasteiger partial charge in [-0.25, -0.2) is 13.4 Å². The van der Waals surface area contributed by atoms with Gasteiger partial charge in [-0.05, 0) is 20.3 Å². The Balaban J connectivity index is 2.14. The van der Waals surface area contributed by atoms with Gasteiger partial charge in [-0.1, -0.05) is 0 Å². The Morgan fingerprint density at radius 2 is 2.25 bits per heavy atom. The summed E-state index contributed by atoms with van der Waals surface area (Å²) in [7, 11) is -3.09. The molecule has 1 saturated heterocycles. The van der Waals surface area contributed by atoms with Crippen LogP contribution in [-0.4, -0.2) is 31.9 Å². The molecular weight excluding hydrogens is 246 g/mol. The molecule has 0 spiro atoms. The van der Waals surface area contributed by atoms with Crippen molar-refractivity contribution in [3.8, 4) is 0 Å². The van der Waals surface area contributed by atoms with Crippen molar-refractivity contribution in [3.05, 3.63) is 15.6 Å². The molecule has 6 heteroatoms. The Kier molecular flexibility index (Phi) is 3.32. The van der Waals surface area contributed by atoms with Crippen LogP contribution < -0.4 is 0 Å². The zero-order valence-corrected chi connectivity index (χ0v) is 11.0. The number of aromatic nitrogens is 1. The number of sulfone groups is 1. The molecule has 4 nitrogen and oxygen atoms in total. The highest BCUT2D eigenvalue weighted by Crippen LogP contribution is 2.23. The minimum absolute atomic E-state index is 0.0559. The highest BCUT2D eigenvalue weighted by atomic mass is 32.2. The van der Waals surface area contributed by atoms with Crippen molar-refractivity contribution in [2.45, 2.75) is 31.3 Å². The molecule has 0 aliphatic carbocycles. The summed E-state index contributed by atoms with van der Waals surface area (Å²) in [4.78, 5) is 5.36. The molecular formula is C10H15NO3S2. The van der Waals surface area contributed by atoms with E-state index in [1.54, 1.807) is 0 Å². The normalized spacial score (nSPS) is 21.5. The molecule has 90 valence electrons. The second-order valence-electron chi connectivity index (χ2n) is 4.04. The summed E-state index contributed by atoms with van der Waals surface area (Å²) in [6, 6.07) is 0. The summed E-state index contributed by atoms with van der Waals surface area (Å²) >= 11 is 1.47. The monoisotopic (exact) mass is 261 g/mol. The van der Waals surface area contributed by atoms with E-state index in [-0.39, 0.29) is 11.0 Å². The highest BCUT2D eigenvalue weighted by molar-refractivity contribution is 7.91. The average molecular weight is 261 g/mol. The largest absolute Gasteiger partial charge is 0.380 e. The van der Waals surface area contributed by atoms with Gasteiger partial charge in [0.15, 0.2) is 9.84 Å². The standard InChI is InChI=1S/C10H15NO3S2/c1-7-8(2)15-10(11-7)6-16(12,13)9-3-4-14-5-9/h9H,3-6H2,1-2H3. The molecule has 2 rings (SSSR count). The molecule has 1 aromatic rings. The van der Waals surface area contributed by atoms with Crippen LogP contribution in [0.25, 0.3) is 0 Å². The number of thiazole rings is 1. The summed E-state index contributed by atoms with van der Waals surface area (Å²) in [5.41, 5.74) is 0.929. The van der Waals surface area contributed by atoms with Gasteiger partial charge in [-0.3, -0.25) is 0 Å². The lowest BCUT2D eigenvalue weighted by Gasteiger charge is -2.07. The second kappa shape index (κ2) is 4.43. The van der Waals surface area contributed by atoms with Crippen LogP contribution >= 0.6 is 11.3 Å². The van der Waals surface area contributed by atoms with Crippen LogP contribution in [0.2, 0.25) is 0 Å². The molecule has 0 bridgehead atoms. The van der Waals surface area contributed by atoms with Gasteiger partial charge in [0.05, 0.1) is 17.6 Å². The van der Waals surface area contributed by atoms with Gasteiger partial charge in [0.2, 0.25) is 0 Å². The Bertz CT molecular complexity index is 453. The fourth-order valence-electron chi connectivity index (χ4n) is 1.69. The van der Waals surface area contributed by atoms with E-state index in [9.17, 15) is 8.42 Å². The molecule has 1 fully saturated rings. The fraction of sp³-hybridized carbons (Fsp3) is 0.700. The van der Waals surface area contributed by atoms with E-state index < -0.39 is 9.84 Å². The SMILES string of the molecule is Cc1nc(CS(=O)(=O)C2CCOC2)sc1C. The molecule has 0 aromatic carbocycles. The highest BCUT2D eigenvalue weighted by Gasteiger charge is 2.30. The lowest BCUT2D eigenvalue weighted by molar-refractivity contribution is 0.198. The maximum atomic E-state index is 12.0. The Labute approximate surface area is 99.6 Å². The van der Waals surface area contributed by atoms with Gasteiger partial charge in [-0.15, -0.1) is 11.3 Å². The van der Waals surface area contributed by atoms with Crippen molar-refractivity contribution in [3.63, 3.8) is 0 Å². The van der Waals surface area contributed by atoms with Gasteiger partial charge >= 0.3 is 0 Å². The maximum Gasteiger partial charge on any atom is 0.162 e. The maximum absolute atomic E-state index is 12.0. The van der Waals surface area contributed by atoms with Crippen LogP contribution in [0.1, 0.15) is 22.0 Å². The summed E-state index contributed by atoms with van der Waals surface area (Å²) < 4.78 is 29.1. The number of aryl methyl sites for hydroxylation is 2. The van der Waals surface area contributed by atoms with Crippen molar-refractivity contribution in [1.29, 1.82) is 0 Å². The molecule has 16 heavy (non-hydrogen) atoms. The Morgan fingerprint density at radius 3 is 2.75 bits per heavy atom. The van der Waals surface area contributed by atoms with E-state index in [1.165, 1.54) is 11.3 Å². The topological polar surface area (TPSA) is 56.3 Å². The number of hydrogen-bond donors (Lipinski definition) is 0. The molecule has 1 aliphatic rings. The first kappa shape index (κ1) is 12.0. The molecule has 1 aromatic heterocycles. The van der Waals surface area contributed by atoms with E-state index in [0.717, 1.165) is 10.6 Å². The van der Waals surface area contributed by atoms with Crippen LogP contribution in [0.3, 0.4) is 0 Å². The second-order valence-corrected chi connectivity index (χ2v) is 7.61. The molecule has 1 unspecified atom stereocenters. The van der Waals surface area contributed by atoms with Crippen molar-refractivity contribution in [1.82, 2.24) is 4.98 Å². The number of rotatable bonds is 3. The minimum Gasteiger partial charge on any atom is -0.380 e. The number of hydrogen-bond acceptors (Lipinski definition) is 5. The summed E-state index contributed by atoms with van der Waals surface area (Å²) in [5.74, 6) is 0.0559. The Hall–Kier alpha value is -0.460. The molecule has 0 radical (unpaired) electrons. The lowest BCUT2D eigenvalue weighted by Crippen LogP contribution is -2.22. The summed E-state index contributed by atoms with van der Waals surface area (Å²) in [6.45, 7) is 4.76. The van der Waals surface area contributed by atoms with Crippen LogP contribution in [0.15, 0.2) is 0 Å². The molecule has 1 atom stereocenters. The molecule has 0 saturated carbocycles. The van der Waals surface area contributed by atoms with Gasteiger partial charge in [0.25, 0.3) is 0 Å². The van der Waals surface area contributed by atoms with E-state index >= 15 is 0 Å². The third-order valence-corrected chi connectivity index (χ3v) is 6.11. The van der Waals surface area contributed by atoms with Gasteiger partial charge in [-0.2, -0.15) is 0 Å². The Morgan fingerprint density at radius 1 is 1.50 bits per heavy atom. The predicted molar refractivity (Wildman–Crippen MR) is 63.4 cm³/mol. The third-order valence-electron chi connectivity index (χ3n) is 2.79. The molecule has 1 aliphatic heterocycles. The van der Waals surface area contributed by atoms with Crippen molar-refractivity contribution in [2.24, 2.45) is 0 Å². The molecule has 0 N–H and O–H groups in total. The van der Waals surface area contributed by atoms with Crippen LogP contribution in [0.5, 0.6) is 0 Å². The molecule has 0 amide bonds. The van der Waals surface area contributed by atoms with Crippen LogP contribution in [0.4, 0.5) is 0 Å². The quantitative estimate of drug-likeness (QED) is 0.826. The van der Waals surface area contributed by atoms with E-state index in [4.69, 9.17) is 4.74 Å². The smallest absolute Gasteiger partial charge is 0.162 e. The van der Waals surface area contributed by atoms with Crippen molar-refractivity contribution in [2.75, 3.05) is 13.2 Å². The zero-order valence-electron chi connectivity index (χ0n) is 9.39. The van der Waals surface area contributed by atoms with Gasteiger partial charge < -0.3 is 4.74 Å². The zero-order chi connectivity index (χ0) is 11.8. The van der Waals surface area contributed by atoms with Crippen LogP contribution in [0, 0.1) is 13.8 Å². The molecule has 2 heterocycles. The summed E-state index contributed by atoms with van der Waals surface area (Å²) in [5, 5.41) is 0.360. The van der Waals surface area contributed by atoms with Crippen molar-refractivity contribution < 1.29 is 13.2 Å². The van der Waals surface area contributed by atoms with Gasteiger partial charge in [0, 0.05) is 11.5 Å². The van der Waals surface area contributed by atoms with E-state index in [2.05, 4.69) is 4.98 Å². The van der Waals surface area contributed by atoms with Crippen molar-refractivity contribution >= 4 is 21.2 Å². The first-order valence-corrected chi connectivity index (χ1v) is 7.74. The minimum atomic E-state index is -3.09. The summed E-state index contributed by atoms with van der Waals surface area (Å²) in [6.07, 6.45) is 0.617. The third kappa shape index (κ3) is 2.44. The predicted octanol–water partition coefficient (Wildman–Crippen LogP) is 1.46. The van der Waals surface area contributed by atoms with Gasteiger partial charge in [0.1, 0.15) is 10.8 Å². The fourth-order valence-corrected chi connectivity index (χ4v) is 4.55. The van der Waals surface area contributed by atoms with E-state index in [1.807, 2.05) is 13.8 Å². The van der Waals surface area contributed by atoms with Crippen LogP contribution in [-0.2, 0) is 20.3 Å². The number of ether oxygens (including phenoxy) is 1. The average Bonchev–Trinajstić information content (AvgIpc) is 2.77.